The third-order valence-corrected chi connectivity index (χ3v) is 6.31. The number of hydrogen-bond acceptors (Lipinski definition) is 5. The van der Waals surface area contributed by atoms with Crippen LogP contribution < -0.4 is 10.6 Å². The van der Waals surface area contributed by atoms with E-state index in [1.807, 2.05) is 61.5 Å². The topological polar surface area (TPSA) is 99.3 Å². The fourth-order valence-corrected chi connectivity index (χ4v) is 4.25. The molecule has 0 saturated carbocycles. The molecule has 36 heavy (non-hydrogen) atoms. The third kappa shape index (κ3) is 5.51. The molecule has 2 aromatic carbocycles. The van der Waals surface area contributed by atoms with Crippen molar-refractivity contribution < 1.29 is 9.59 Å². The normalized spacial score (nSPS) is 12.6. The molecule has 0 aliphatic rings. The van der Waals surface area contributed by atoms with Crippen molar-refractivity contribution in [2.24, 2.45) is 0 Å². The molecule has 7 nitrogen and oxygen atoms in total. The summed E-state index contributed by atoms with van der Waals surface area (Å²) in [7, 11) is 0. The molecule has 0 aliphatic heterocycles. The molecule has 0 spiro atoms. The zero-order valence-corrected chi connectivity index (χ0v) is 20.4. The Bertz CT molecular complexity index is 1390. The average molecular weight is 480 g/mol. The van der Waals surface area contributed by atoms with E-state index in [1.54, 1.807) is 29.0 Å². The molecule has 2 heterocycles. The number of fused-ring (bicyclic) bond motifs is 1. The molecule has 0 saturated heterocycles. The SMILES string of the molecule is CCNC(=O)c1ccc2c(C(=O)C(CNC[C@@H](C)c3ccc(C#N)cc3)c3ccccc3)cnn2c1. The molecule has 7 heteroatoms. The van der Waals surface area contributed by atoms with Crippen LogP contribution >= 0.6 is 0 Å². The van der Waals surface area contributed by atoms with E-state index in [1.165, 1.54) is 0 Å². The fraction of sp³-hybridized carbons (Fsp3) is 0.241. The van der Waals surface area contributed by atoms with E-state index >= 15 is 0 Å². The summed E-state index contributed by atoms with van der Waals surface area (Å²) in [4.78, 5) is 25.9. The van der Waals surface area contributed by atoms with Crippen molar-refractivity contribution in [1.82, 2.24) is 20.2 Å². The van der Waals surface area contributed by atoms with Crippen LogP contribution in [-0.4, -0.2) is 40.9 Å². The predicted octanol–water partition coefficient (Wildman–Crippen LogP) is 4.32. The summed E-state index contributed by atoms with van der Waals surface area (Å²) in [5.41, 5.74) is 4.38. The maximum atomic E-state index is 13.8. The lowest BCUT2D eigenvalue weighted by molar-refractivity contribution is 0.0950. The smallest absolute Gasteiger partial charge is 0.252 e. The Morgan fingerprint density at radius 1 is 1.00 bits per heavy atom. The van der Waals surface area contributed by atoms with Gasteiger partial charge in [-0.1, -0.05) is 49.4 Å². The van der Waals surface area contributed by atoms with Gasteiger partial charge in [-0.25, -0.2) is 4.52 Å². The van der Waals surface area contributed by atoms with Crippen LogP contribution in [0.2, 0.25) is 0 Å². The first-order valence-electron chi connectivity index (χ1n) is 12.1. The van der Waals surface area contributed by atoms with Gasteiger partial charge < -0.3 is 10.6 Å². The second-order valence-electron chi connectivity index (χ2n) is 8.79. The number of benzene rings is 2. The number of Topliss-reactive ketones (excluding diaryl/α,β-unsaturated/α-hetero) is 1. The van der Waals surface area contributed by atoms with Crippen molar-refractivity contribution in [3.63, 3.8) is 0 Å². The quantitative estimate of drug-likeness (QED) is 0.330. The Hall–Kier alpha value is -4.28. The van der Waals surface area contributed by atoms with Gasteiger partial charge in [0, 0.05) is 25.8 Å². The Labute approximate surface area is 210 Å². The van der Waals surface area contributed by atoms with Gasteiger partial charge in [-0.05, 0) is 48.2 Å². The highest BCUT2D eigenvalue weighted by Crippen LogP contribution is 2.24. The summed E-state index contributed by atoms with van der Waals surface area (Å²) in [5.74, 6) is -0.379. The van der Waals surface area contributed by atoms with Gasteiger partial charge in [0.05, 0.1) is 40.4 Å². The van der Waals surface area contributed by atoms with E-state index in [4.69, 9.17) is 5.26 Å². The molecule has 2 atom stereocenters. The van der Waals surface area contributed by atoms with E-state index < -0.39 is 5.92 Å². The number of ketones is 1. The van der Waals surface area contributed by atoms with Gasteiger partial charge in [-0.15, -0.1) is 0 Å². The molecular formula is C29H29N5O2. The number of aromatic nitrogens is 2. The van der Waals surface area contributed by atoms with Crippen molar-refractivity contribution in [3.05, 3.63) is 107 Å². The summed E-state index contributed by atoms with van der Waals surface area (Å²) in [6.07, 6.45) is 3.22. The van der Waals surface area contributed by atoms with Gasteiger partial charge in [0.15, 0.2) is 5.78 Å². The van der Waals surface area contributed by atoms with Crippen LogP contribution in [0, 0.1) is 11.3 Å². The maximum absolute atomic E-state index is 13.8. The van der Waals surface area contributed by atoms with Crippen molar-refractivity contribution in [1.29, 1.82) is 5.26 Å². The van der Waals surface area contributed by atoms with Crippen molar-refractivity contribution in [2.75, 3.05) is 19.6 Å². The molecule has 0 fully saturated rings. The zero-order valence-electron chi connectivity index (χ0n) is 20.4. The van der Waals surface area contributed by atoms with E-state index in [0.717, 1.165) is 11.1 Å². The van der Waals surface area contributed by atoms with Crippen LogP contribution in [0.15, 0.2) is 79.1 Å². The number of rotatable bonds is 10. The minimum absolute atomic E-state index is 0.0273. The maximum Gasteiger partial charge on any atom is 0.252 e. The van der Waals surface area contributed by atoms with Gasteiger partial charge in [0.2, 0.25) is 0 Å². The van der Waals surface area contributed by atoms with Crippen LogP contribution in [0.3, 0.4) is 0 Å². The molecule has 2 aromatic heterocycles. The van der Waals surface area contributed by atoms with Crippen LogP contribution in [0.5, 0.6) is 0 Å². The van der Waals surface area contributed by atoms with Crippen LogP contribution in [0.1, 0.15) is 63.1 Å². The number of amides is 1. The fourth-order valence-electron chi connectivity index (χ4n) is 4.25. The first-order chi connectivity index (χ1) is 17.5. The number of pyridine rings is 1. The van der Waals surface area contributed by atoms with E-state index in [9.17, 15) is 9.59 Å². The molecule has 4 aromatic rings. The first kappa shape index (κ1) is 24.8. The molecule has 0 aliphatic carbocycles. The third-order valence-electron chi connectivity index (χ3n) is 6.31. The minimum Gasteiger partial charge on any atom is -0.352 e. The average Bonchev–Trinajstić information content (AvgIpc) is 3.35. The number of hydrogen-bond donors (Lipinski definition) is 2. The van der Waals surface area contributed by atoms with E-state index in [2.05, 4.69) is 28.7 Å². The molecule has 1 unspecified atom stereocenters. The van der Waals surface area contributed by atoms with E-state index in [0.29, 0.717) is 41.8 Å². The van der Waals surface area contributed by atoms with Gasteiger partial charge in [-0.3, -0.25) is 9.59 Å². The summed E-state index contributed by atoms with van der Waals surface area (Å²) in [5, 5.41) is 19.6. The zero-order chi connectivity index (χ0) is 25.5. The predicted molar refractivity (Wildman–Crippen MR) is 139 cm³/mol. The number of nitrogens with zero attached hydrogens (tertiary/aromatic N) is 3. The monoisotopic (exact) mass is 479 g/mol. The van der Waals surface area contributed by atoms with Crippen LogP contribution in [0.25, 0.3) is 5.52 Å². The van der Waals surface area contributed by atoms with Gasteiger partial charge in [0.1, 0.15) is 0 Å². The Morgan fingerprint density at radius 2 is 1.75 bits per heavy atom. The summed E-state index contributed by atoms with van der Waals surface area (Å²) in [6.45, 7) is 5.68. The Kier molecular flexibility index (Phi) is 7.89. The molecular weight excluding hydrogens is 450 g/mol. The number of carbonyl (C=O) groups is 2. The lowest BCUT2D eigenvalue weighted by Gasteiger charge is -2.19. The number of carbonyl (C=O) groups excluding carboxylic acids is 2. The van der Waals surface area contributed by atoms with Gasteiger partial charge in [0.25, 0.3) is 5.91 Å². The summed E-state index contributed by atoms with van der Waals surface area (Å²) >= 11 is 0. The lowest BCUT2D eigenvalue weighted by atomic mass is 9.90. The highest BCUT2D eigenvalue weighted by atomic mass is 16.1. The molecule has 2 N–H and O–H groups in total. The molecule has 182 valence electrons. The largest absolute Gasteiger partial charge is 0.352 e. The van der Waals surface area contributed by atoms with Crippen molar-refractivity contribution >= 4 is 17.2 Å². The number of nitriles is 1. The van der Waals surface area contributed by atoms with Crippen molar-refractivity contribution in [3.8, 4) is 6.07 Å². The standard InChI is InChI=1S/C29H29N5O2/c1-3-32-29(36)24-13-14-27-26(18-33-34(27)19-24)28(35)25(23-7-5-4-6-8-23)17-31-16-20(2)22-11-9-21(15-30)10-12-22/h4-14,18-20,25,31H,3,16-17H2,1-2H3,(H,32,36)/t20-,25?/m1/s1. The van der Waals surface area contributed by atoms with Crippen molar-refractivity contribution in [2.45, 2.75) is 25.7 Å². The van der Waals surface area contributed by atoms with Crippen LogP contribution in [-0.2, 0) is 0 Å². The molecule has 0 bridgehead atoms. The summed E-state index contributed by atoms with van der Waals surface area (Å²) < 4.78 is 1.58. The van der Waals surface area contributed by atoms with E-state index in [-0.39, 0.29) is 17.6 Å². The highest BCUT2D eigenvalue weighted by Gasteiger charge is 2.25. The summed E-state index contributed by atoms with van der Waals surface area (Å²) in [6, 6.07) is 23.0. The van der Waals surface area contributed by atoms with Gasteiger partial charge >= 0.3 is 0 Å². The minimum atomic E-state index is -0.393. The molecule has 1 amide bonds. The van der Waals surface area contributed by atoms with Gasteiger partial charge in [-0.2, -0.15) is 10.4 Å². The highest BCUT2D eigenvalue weighted by molar-refractivity contribution is 6.06. The second kappa shape index (κ2) is 11.4. The van der Waals surface area contributed by atoms with Crippen LogP contribution in [0.4, 0.5) is 0 Å². The molecule has 4 rings (SSSR count). The molecule has 0 radical (unpaired) electrons. The first-order valence-corrected chi connectivity index (χ1v) is 12.1. The lowest BCUT2D eigenvalue weighted by Crippen LogP contribution is -2.29. The Morgan fingerprint density at radius 3 is 2.44 bits per heavy atom. The number of nitrogens with one attached hydrogen (secondary N) is 2. The second-order valence-corrected chi connectivity index (χ2v) is 8.79. The Balaban J connectivity index is 1.53.